The molecule has 0 radical (unpaired) electrons. The molecular formula is C15H17F. The molecule has 0 aromatic heterocycles. The molecule has 0 aliphatic rings. The number of terminal acetylenes is 1. The predicted octanol–water partition coefficient (Wildman–Crippen LogP) is 4.51. The van der Waals surface area contributed by atoms with E-state index in [-0.39, 0.29) is 5.56 Å². The van der Waals surface area contributed by atoms with E-state index in [9.17, 15) is 4.39 Å². The molecule has 1 rings (SSSR count). The normalized spacial score (nSPS) is 8.44. The van der Waals surface area contributed by atoms with E-state index in [1.807, 2.05) is 13.8 Å². The molecule has 0 atom stereocenters. The molecule has 0 unspecified atom stereocenters. The Morgan fingerprint density at radius 3 is 2.38 bits per heavy atom. The van der Waals surface area contributed by atoms with Crippen LogP contribution in [0.4, 0.5) is 4.39 Å². The van der Waals surface area contributed by atoms with Crippen LogP contribution < -0.4 is 0 Å². The van der Waals surface area contributed by atoms with Crippen LogP contribution >= 0.6 is 0 Å². The molecule has 84 valence electrons. The quantitative estimate of drug-likeness (QED) is 0.638. The molecule has 0 heterocycles. The molecule has 1 aromatic carbocycles. The summed E-state index contributed by atoms with van der Waals surface area (Å²) in [5.74, 6) is 1.94. The maximum Gasteiger partial charge on any atom is 0.139 e. The van der Waals surface area contributed by atoms with Crippen LogP contribution in [0.15, 0.2) is 25.3 Å². The van der Waals surface area contributed by atoms with Crippen LogP contribution in [0, 0.1) is 18.2 Å². The first-order chi connectivity index (χ1) is 7.61. The summed E-state index contributed by atoms with van der Waals surface area (Å²) < 4.78 is 13.3. The molecule has 0 bridgehead atoms. The summed E-state index contributed by atoms with van der Waals surface area (Å²) in [5.41, 5.74) is 2.48. The lowest BCUT2D eigenvalue weighted by Gasteiger charge is -2.09. The summed E-state index contributed by atoms with van der Waals surface area (Å²) in [6, 6.07) is 2.99. The Balaban J connectivity index is 0.00000106. The fraction of sp³-hybridized carbons (Fsp3) is 0.200. The van der Waals surface area contributed by atoms with Crippen LogP contribution in [0.25, 0.3) is 11.6 Å². The van der Waals surface area contributed by atoms with Gasteiger partial charge in [-0.15, -0.1) is 6.42 Å². The second-order valence-electron chi connectivity index (χ2n) is 3.02. The Bertz CT molecular complexity index is 433. The zero-order valence-corrected chi connectivity index (χ0v) is 10.1. The fourth-order valence-corrected chi connectivity index (χ4v) is 1.36. The molecule has 0 aliphatic carbocycles. The third-order valence-electron chi connectivity index (χ3n) is 1.98. The lowest BCUT2D eigenvalue weighted by atomic mass is 9.96. The van der Waals surface area contributed by atoms with Crippen molar-refractivity contribution in [1.82, 2.24) is 0 Å². The lowest BCUT2D eigenvalue weighted by Crippen LogP contribution is -1.94. The van der Waals surface area contributed by atoms with Gasteiger partial charge >= 0.3 is 0 Å². The number of rotatable bonds is 2. The Morgan fingerprint density at radius 1 is 1.44 bits per heavy atom. The van der Waals surface area contributed by atoms with Gasteiger partial charge in [-0.1, -0.05) is 45.1 Å². The standard InChI is InChI=1S/C13H11F.C2H6/c1-5-10-7-8-12(14)11(6-2)13(10)9(3)4;1-2/h2,5,7-8H,1,3H2,4H3;1-2H3. The summed E-state index contributed by atoms with van der Waals surface area (Å²) in [4.78, 5) is 0. The lowest BCUT2D eigenvalue weighted by molar-refractivity contribution is 0.623. The molecule has 0 saturated carbocycles. The van der Waals surface area contributed by atoms with Crippen LogP contribution in [0.1, 0.15) is 37.5 Å². The van der Waals surface area contributed by atoms with Gasteiger partial charge in [0.05, 0.1) is 5.56 Å². The minimum atomic E-state index is -0.392. The minimum Gasteiger partial charge on any atom is -0.206 e. The summed E-state index contributed by atoms with van der Waals surface area (Å²) >= 11 is 0. The first-order valence-electron chi connectivity index (χ1n) is 5.19. The smallest absolute Gasteiger partial charge is 0.139 e. The van der Waals surface area contributed by atoms with E-state index in [1.54, 1.807) is 19.1 Å². The molecule has 0 amide bonds. The van der Waals surface area contributed by atoms with Crippen LogP contribution in [0.5, 0.6) is 0 Å². The monoisotopic (exact) mass is 216 g/mol. The molecule has 0 nitrogen and oxygen atoms in total. The Labute approximate surface area is 97.5 Å². The summed E-state index contributed by atoms with van der Waals surface area (Å²) in [6.07, 6.45) is 6.89. The highest BCUT2D eigenvalue weighted by Crippen LogP contribution is 2.24. The predicted molar refractivity (Wildman–Crippen MR) is 70.5 cm³/mol. The van der Waals surface area contributed by atoms with Crippen molar-refractivity contribution in [3.63, 3.8) is 0 Å². The van der Waals surface area contributed by atoms with Crippen molar-refractivity contribution >= 4 is 11.6 Å². The number of halogens is 1. The van der Waals surface area contributed by atoms with Gasteiger partial charge in [0.1, 0.15) is 5.82 Å². The van der Waals surface area contributed by atoms with E-state index in [2.05, 4.69) is 19.1 Å². The van der Waals surface area contributed by atoms with Gasteiger partial charge < -0.3 is 0 Å². The highest BCUT2D eigenvalue weighted by Gasteiger charge is 2.10. The zero-order chi connectivity index (χ0) is 12.7. The van der Waals surface area contributed by atoms with E-state index in [1.165, 1.54) is 6.07 Å². The van der Waals surface area contributed by atoms with Gasteiger partial charge in [0.15, 0.2) is 0 Å². The second kappa shape index (κ2) is 6.63. The summed E-state index contributed by atoms with van der Waals surface area (Å²) in [6.45, 7) is 13.2. The number of hydrogen-bond acceptors (Lipinski definition) is 0. The Kier molecular flexibility index (Phi) is 5.88. The minimum absolute atomic E-state index is 0.259. The van der Waals surface area contributed by atoms with Crippen molar-refractivity contribution in [1.29, 1.82) is 0 Å². The van der Waals surface area contributed by atoms with Crippen molar-refractivity contribution < 1.29 is 4.39 Å². The van der Waals surface area contributed by atoms with Crippen molar-refractivity contribution in [2.75, 3.05) is 0 Å². The third-order valence-corrected chi connectivity index (χ3v) is 1.98. The van der Waals surface area contributed by atoms with Crippen molar-refractivity contribution in [3.8, 4) is 12.3 Å². The Morgan fingerprint density at radius 2 is 2.00 bits per heavy atom. The molecule has 16 heavy (non-hydrogen) atoms. The molecule has 0 spiro atoms. The topological polar surface area (TPSA) is 0 Å². The first-order valence-corrected chi connectivity index (χ1v) is 5.19. The Hall–Kier alpha value is -1.81. The molecule has 0 N–H and O–H groups in total. The molecule has 0 fully saturated rings. The first kappa shape index (κ1) is 14.2. The number of hydrogen-bond donors (Lipinski definition) is 0. The number of benzene rings is 1. The second-order valence-corrected chi connectivity index (χ2v) is 3.02. The van der Waals surface area contributed by atoms with Gasteiger partial charge in [-0.2, -0.15) is 0 Å². The maximum atomic E-state index is 13.3. The number of allylic oxidation sites excluding steroid dienone is 1. The van der Waals surface area contributed by atoms with Crippen molar-refractivity contribution in [3.05, 3.63) is 47.8 Å². The highest BCUT2D eigenvalue weighted by atomic mass is 19.1. The van der Waals surface area contributed by atoms with Crippen LogP contribution in [0.2, 0.25) is 0 Å². The third kappa shape index (κ3) is 2.84. The van der Waals surface area contributed by atoms with Gasteiger partial charge in [0.2, 0.25) is 0 Å². The van der Waals surface area contributed by atoms with Gasteiger partial charge in [-0.3, -0.25) is 0 Å². The molecule has 1 aromatic rings. The maximum absolute atomic E-state index is 13.3. The van der Waals surface area contributed by atoms with E-state index < -0.39 is 5.82 Å². The van der Waals surface area contributed by atoms with Crippen LogP contribution in [-0.2, 0) is 0 Å². The van der Waals surface area contributed by atoms with Crippen LogP contribution in [0.3, 0.4) is 0 Å². The zero-order valence-electron chi connectivity index (χ0n) is 10.1. The highest BCUT2D eigenvalue weighted by molar-refractivity contribution is 5.76. The largest absolute Gasteiger partial charge is 0.206 e. The van der Waals surface area contributed by atoms with Gasteiger partial charge in [0, 0.05) is 5.56 Å². The summed E-state index contributed by atoms with van der Waals surface area (Å²) in [7, 11) is 0. The van der Waals surface area contributed by atoms with E-state index >= 15 is 0 Å². The van der Waals surface area contributed by atoms with Crippen LogP contribution in [-0.4, -0.2) is 0 Å². The molecular weight excluding hydrogens is 199 g/mol. The van der Waals surface area contributed by atoms with E-state index in [0.717, 1.165) is 11.1 Å². The van der Waals surface area contributed by atoms with Gasteiger partial charge in [-0.05, 0) is 24.1 Å². The average Bonchev–Trinajstić information content (AvgIpc) is 2.31. The average molecular weight is 216 g/mol. The van der Waals surface area contributed by atoms with Gasteiger partial charge in [0.25, 0.3) is 0 Å². The molecule has 1 heteroatoms. The van der Waals surface area contributed by atoms with E-state index in [0.29, 0.717) is 5.56 Å². The fourth-order valence-electron chi connectivity index (χ4n) is 1.36. The SMILES string of the molecule is C#Cc1c(F)ccc(C=C)c1C(=C)C.CC. The molecule has 0 aliphatic heterocycles. The van der Waals surface area contributed by atoms with E-state index in [4.69, 9.17) is 6.42 Å². The van der Waals surface area contributed by atoms with Gasteiger partial charge in [-0.25, -0.2) is 4.39 Å². The van der Waals surface area contributed by atoms with Crippen molar-refractivity contribution in [2.24, 2.45) is 0 Å². The van der Waals surface area contributed by atoms with Crippen molar-refractivity contribution in [2.45, 2.75) is 20.8 Å². The molecule has 0 saturated heterocycles. The summed E-state index contributed by atoms with van der Waals surface area (Å²) in [5, 5.41) is 0.